The molecule has 0 aliphatic carbocycles. The summed E-state index contributed by atoms with van der Waals surface area (Å²) >= 11 is 0. The SMILES string of the molecule is COC(=O)C1=C(C(=O)OC)N(c2cc(C(F)(F)F)ccc2OC)COC1. The second kappa shape index (κ2) is 7.65. The van der Waals surface area contributed by atoms with E-state index in [2.05, 4.69) is 9.47 Å². The first kappa shape index (κ1) is 19.6. The number of benzene rings is 1. The van der Waals surface area contributed by atoms with E-state index < -0.39 is 23.7 Å². The summed E-state index contributed by atoms with van der Waals surface area (Å²) in [6.07, 6.45) is -4.61. The zero-order chi connectivity index (χ0) is 19.5. The Morgan fingerprint density at radius 1 is 1.12 bits per heavy atom. The number of hydrogen-bond acceptors (Lipinski definition) is 7. The molecule has 0 atom stereocenters. The highest BCUT2D eigenvalue weighted by Gasteiger charge is 2.36. The molecular weight excluding hydrogens is 359 g/mol. The van der Waals surface area contributed by atoms with Gasteiger partial charge in [0, 0.05) is 0 Å². The molecule has 0 saturated heterocycles. The molecule has 0 amide bonds. The third kappa shape index (κ3) is 3.74. The number of carbonyl (C=O) groups excluding carboxylic acids is 2. The second-order valence-corrected chi connectivity index (χ2v) is 5.10. The standard InChI is InChI=1S/C16H16F3NO6/c1-23-12-5-4-9(16(17,18)19)6-11(12)20-8-26-7-10(14(21)24-2)13(20)15(22)25-3/h4-6H,7-8H2,1-3H3. The zero-order valence-corrected chi connectivity index (χ0v) is 14.2. The lowest BCUT2D eigenvalue weighted by atomic mass is 10.1. The monoisotopic (exact) mass is 375 g/mol. The van der Waals surface area contributed by atoms with Crippen LogP contribution in [0.3, 0.4) is 0 Å². The molecule has 142 valence electrons. The molecule has 0 N–H and O–H groups in total. The van der Waals surface area contributed by atoms with Crippen LogP contribution in [-0.2, 0) is 30.0 Å². The number of ether oxygens (including phenoxy) is 4. The smallest absolute Gasteiger partial charge is 0.416 e. The van der Waals surface area contributed by atoms with Crippen molar-refractivity contribution in [3.05, 3.63) is 35.0 Å². The van der Waals surface area contributed by atoms with E-state index in [9.17, 15) is 22.8 Å². The molecule has 26 heavy (non-hydrogen) atoms. The molecule has 1 aromatic carbocycles. The molecule has 1 aromatic rings. The fourth-order valence-corrected chi connectivity index (χ4v) is 2.41. The van der Waals surface area contributed by atoms with E-state index >= 15 is 0 Å². The highest BCUT2D eigenvalue weighted by Crippen LogP contribution is 2.39. The summed E-state index contributed by atoms with van der Waals surface area (Å²) in [5.41, 5.74) is -1.51. The first-order valence-electron chi connectivity index (χ1n) is 7.24. The lowest BCUT2D eigenvalue weighted by Gasteiger charge is -2.32. The van der Waals surface area contributed by atoms with Gasteiger partial charge in [0.1, 0.15) is 18.2 Å². The van der Waals surface area contributed by atoms with Crippen molar-refractivity contribution in [2.45, 2.75) is 6.18 Å². The topological polar surface area (TPSA) is 74.3 Å². The normalized spacial score (nSPS) is 14.9. The molecule has 0 spiro atoms. The molecule has 1 aliphatic heterocycles. The summed E-state index contributed by atoms with van der Waals surface area (Å²) in [7, 11) is 3.45. The quantitative estimate of drug-likeness (QED) is 0.746. The van der Waals surface area contributed by atoms with Gasteiger partial charge in [0.05, 0.1) is 44.8 Å². The zero-order valence-electron chi connectivity index (χ0n) is 14.2. The molecule has 0 unspecified atom stereocenters. The van der Waals surface area contributed by atoms with Gasteiger partial charge in [-0.3, -0.25) is 0 Å². The molecule has 0 fully saturated rings. The van der Waals surface area contributed by atoms with E-state index in [-0.39, 0.29) is 36.0 Å². The van der Waals surface area contributed by atoms with Crippen LogP contribution in [-0.4, -0.2) is 46.6 Å². The number of anilines is 1. The summed E-state index contributed by atoms with van der Waals surface area (Å²) in [6, 6.07) is 2.75. The summed E-state index contributed by atoms with van der Waals surface area (Å²) in [5.74, 6) is -1.73. The van der Waals surface area contributed by atoms with E-state index in [0.717, 1.165) is 37.3 Å². The fourth-order valence-electron chi connectivity index (χ4n) is 2.41. The molecule has 1 aliphatic rings. The number of methoxy groups -OCH3 is 3. The third-order valence-electron chi connectivity index (χ3n) is 3.63. The van der Waals surface area contributed by atoms with E-state index in [0.29, 0.717) is 0 Å². The minimum Gasteiger partial charge on any atom is -0.495 e. The van der Waals surface area contributed by atoms with Crippen molar-refractivity contribution in [2.75, 3.05) is 39.6 Å². The molecule has 0 bridgehead atoms. The van der Waals surface area contributed by atoms with Crippen molar-refractivity contribution in [2.24, 2.45) is 0 Å². The van der Waals surface area contributed by atoms with Gasteiger partial charge in [-0.1, -0.05) is 0 Å². The Morgan fingerprint density at radius 2 is 1.77 bits per heavy atom. The Balaban J connectivity index is 2.68. The van der Waals surface area contributed by atoms with Crippen molar-refractivity contribution < 1.29 is 41.7 Å². The van der Waals surface area contributed by atoms with Crippen LogP contribution in [0.2, 0.25) is 0 Å². The van der Waals surface area contributed by atoms with E-state index in [1.54, 1.807) is 0 Å². The van der Waals surface area contributed by atoms with Crippen LogP contribution in [0.4, 0.5) is 18.9 Å². The molecule has 7 nitrogen and oxygen atoms in total. The largest absolute Gasteiger partial charge is 0.495 e. The fraction of sp³-hybridized carbons (Fsp3) is 0.375. The Bertz CT molecular complexity index is 744. The van der Waals surface area contributed by atoms with Crippen LogP contribution in [0.25, 0.3) is 0 Å². The number of rotatable bonds is 4. The molecular formula is C16H16F3NO6. The Labute approximate surface area is 146 Å². The van der Waals surface area contributed by atoms with Crippen LogP contribution >= 0.6 is 0 Å². The first-order chi connectivity index (χ1) is 12.2. The number of esters is 2. The van der Waals surface area contributed by atoms with Gasteiger partial charge in [0.25, 0.3) is 0 Å². The van der Waals surface area contributed by atoms with Gasteiger partial charge >= 0.3 is 18.1 Å². The number of hydrogen-bond donors (Lipinski definition) is 0. The summed E-state index contributed by atoms with van der Waals surface area (Å²) in [4.78, 5) is 25.2. The van der Waals surface area contributed by atoms with Crippen molar-refractivity contribution in [1.82, 2.24) is 0 Å². The lowest BCUT2D eigenvalue weighted by Crippen LogP contribution is -2.39. The maximum atomic E-state index is 13.1. The van der Waals surface area contributed by atoms with E-state index in [1.807, 2.05) is 0 Å². The minimum absolute atomic E-state index is 0.0501. The maximum Gasteiger partial charge on any atom is 0.416 e. The summed E-state index contributed by atoms with van der Waals surface area (Å²) in [5, 5.41) is 0. The van der Waals surface area contributed by atoms with Crippen molar-refractivity contribution in [3.63, 3.8) is 0 Å². The van der Waals surface area contributed by atoms with E-state index in [4.69, 9.17) is 9.47 Å². The van der Waals surface area contributed by atoms with Gasteiger partial charge in [-0.05, 0) is 18.2 Å². The maximum absolute atomic E-state index is 13.1. The van der Waals surface area contributed by atoms with Crippen molar-refractivity contribution in [1.29, 1.82) is 0 Å². The van der Waals surface area contributed by atoms with Crippen LogP contribution in [0.1, 0.15) is 5.56 Å². The number of halogens is 3. The average molecular weight is 375 g/mol. The van der Waals surface area contributed by atoms with Crippen LogP contribution in [0.15, 0.2) is 29.5 Å². The summed E-state index contributed by atoms with van der Waals surface area (Å²) in [6.45, 7) is -0.544. The van der Waals surface area contributed by atoms with Gasteiger partial charge < -0.3 is 23.8 Å². The second-order valence-electron chi connectivity index (χ2n) is 5.10. The summed E-state index contributed by atoms with van der Waals surface area (Å²) < 4.78 is 58.9. The highest BCUT2D eigenvalue weighted by atomic mass is 19.4. The van der Waals surface area contributed by atoms with Gasteiger partial charge in [-0.25, -0.2) is 9.59 Å². The number of alkyl halides is 3. The predicted octanol–water partition coefficient (Wildman–Crippen LogP) is 2.11. The molecule has 2 rings (SSSR count). The number of carbonyl (C=O) groups is 2. The van der Waals surface area contributed by atoms with Crippen molar-refractivity contribution >= 4 is 17.6 Å². The van der Waals surface area contributed by atoms with Crippen molar-refractivity contribution in [3.8, 4) is 5.75 Å². The number of nitrogens with zero attached hydrogens (tertiary/aromatic N) is 1. The Morgan fingerprint density at radius 3 is 2.31 bits per heavy atom. The lowest BCUT2D eigenvalue weighted by molar-refractivity contribution is -0.140. The molecule has 0 aromatic heterocycles. The third-order valence-corrected chi connectivity index (χ3v) is 3.63. The molecule has 0 saturated carbocycles. The van der Waals surface area contributed by atoms with Gasteiger partial charge in [0.15, 0.2) is 0 Å². The average Bonchev–Trinajstić information content (AvgIpc) is 2.64. The molecule has 1 heterocycles. The van der Waals surface area contributed by atoms with Crippen LogP contribution < -0.4 is 9.64 Å². The minimum atomic E-state index is -4.61. The predicted molar refractivity (Wildman–Crippen MR) is 82.4 cm³/mol. The van der Waals surface area contributed by atoms with Gasteiger partial charge in [-0.15, -0.1) is 0 Å². The highest BCUT2D eigenvalue weighted by molar-refractivity contribution is 6.03. The van der Waals surface area contributed by atoms with Gasteiger partial charge in [0.2, 0.25) is 0 Å². The molecule has 0 radical (unpaired) electrons. The first-order valence-corrected chi connectivity index (χ1v) is 7.24. The van der Waals surface area contributed by atoms with Crippen LogP contribution in [0, 0.1) is 0 Å². The van der Waals surface area contributed by atoms with Crippen LogP contribution in [0.5, 0.6) is 5.75 Å². The Hall–Kier alpha value is -2.75. The van der Waals surface area contributed by atoms with Gasteiger partial charge in [-0.2, -0.15) is 13.2 Å². The Kier molecular flexibility index (Phi) is 5.76. The van der Waals surface area contributed by atoms with E-state index in [1.165, 1.54) is 7.11 Å². The molecule has 10 heteroatoms.